The van der Waals surface area contributed by atoms with E-state index in [1.54, 1.807) is 4.68 Å². The van der Waals surface area contributed by atoms with Crippen molar-refractivity contribution in [1.82, 2.24) is 15.1 Å². The zero-order valence-electron chi connectivity index (χ0n) is 11.7. The van der Waals surface area contributed by atoms with Crippen LogP contribution in [0.25, 0.3) is 0 Å². The molecule has 2 rings (SSSR count). The predicted molar refractivity (Wildman–Crippen MR) is 79.7 cm³/mol. The molecule has 0 atom stereocenters. The summed E-state index contributed by atoms with van der Waals surface area (Å²) in [7, 11) is 0. The zero-order valence-corrected chi connectivity index (χ0v) is 13.3. The van der Waals surface area contributed by atoms with Crippen LogP contribution in [0.2, 0.25) is 0 Å². The van der Waals surface area contributed by atoms with Crippen LogP contribution in [0, 0.1) is 0 Å². The highest BCUT2D eigenvalue weighted by atomic mass is 79.9. The lowest BCUT2D eigenvalue weighted by molar-refractivity contribution is 0.0899. The second-order valence-corrected chi connectivity index (χ2v) is 5.83. The van der Waals surface area contributed by atoms with Crippen LogP contribution < -0.4 is 5.32 Å². The Bertz CT molecular complexity index is 450. The third-order valence-corrected chi connectivity index (χ3v) is 4.99. The Labute approximate surface area is 123 Å². The topological polar surface area (TPSA) is 46.9 Å². The van der Waals surface area contributed by atoms with Crippen LogP contribution in [0.4, 0.5) is 0 Å². The van der Waals surface area contributed by atoms with Crippen molar-refractivity contribution in [2.45, 2.75) is 58.0 Å². The van der Waals surface area contributed by atoms with E-state index in [0.717, 1.165) is 36.8 Å². The van der Waals surface area contributed by atoms with Gasteiger partial charge in [0.25, 0.3) is 5.91 Å². The minimum atomic E-state index is -0.0632. The van der Waals surface area contributed by atoms with Gasteiger partial charge in [0.1, 0.15) is 5.69 Å². The van der Waals surface area contributed by atoms with Crippen LogP contribution in [0.5, 0.6) is 0 Å². The summed E-state index contributed by atoms with van der Waals surface area (Å²) in [6, 6.07) is 1.91. The maximum absolute atomic E-state index is 12.5. The standard InChI is InChI=1S/C14H22BrN3O/c1-3-11-9-12(18(4-2)17-11)13(19)16-14(10-15)7-5-6-8-14/h9H,3-8,10H2,1-2H3,(H,16,19). The molecule has 0 bridgehead atoms. The molecule has 106 valence electrons. The summed E-state index contributed by atoms with van der Waals surface area (Å²) in [6.45, 7) is 4.80. The maximum Gasteiger partial charge on any atom is 0.270 e. The van der Waals surface area contributed by atoms with Gasteiger partial charge in [-0.2, -0.15) is 5.10 Å². The highest BCUT2D eigenvalue weighted by Gasteiger charge is 2.35. The summed E-state index contributed by atoms with van der Waals surface area (Å²) in [5, 5.41) is 8.49. The van der Waals surface area contributed by atoms with Crippen molar-refractivity contribution in [3.05, 3.63) is 17.5 Å². The molecular formula is C14H22BrN3O. The Morgan fingerprint density at radius 1 is 1.47 bits per heavy atom. The number of carbonyl (C=O) groups excluding carboxylic acids is 1. The van der Waals surface area contributed by atoms with Gasteiger partial charge in [0.15, 0.2) is 0 Å². The molecule has 1 saturated carbocycles. The Kier molecular flexibility index (Phi) is 4.66. The molecule has 5 heteroatoms. The molecule has 0 spiro atoms. The van der Waals surface area contributed by atoms with Gasteiger partial charge < -0.3 is 5.32 Å². The first-order chi connectivity index (χ1) is 9.14. The maximum atomic E-state index is 12.5. The summed E-state index contributed by atoms with van der Waals surface area (Å²) >= 11 is 3.55. The van der Waals surface area contributed by atoms with Gasteiger partial charge in [-0.3, -0.25) is 9.48 Å². The molecule has 0 unspecified atom stereocenters. The van der Waals surface area contributed by atoms with Crippen molar-refractivity contribution in [3.8, 4) is 0 Å². The Morgan fingerprint density at radius 2 is 2.16 bits per heavy atom. The van der Waals surface area contributed by atoms with E-state index in [2.05, 4.69) is 33.3 Å². The number of rotatable bonds is 5. The second-order valence-electron chi connectivity index (χ2n) is 5.27. The van der Waals surface area contributed by atoms with E-state index in [-0.39, 0.29) is 11.4 Å². The van der Waals surface area contributed by atoms with Gasteiger partial charge in [0.2, 0.25) is 0 Å². The average Bonchev–Trinajstić information content (AvgIpc) is 3.05. The molecule has 0 radical (unpaired) electrons. The molecule has 4 nitrogen and oxygen atoms in total. The van der Waals surface area contributed by atoms with Crippen molar-refractivity contribution < 1.29 is 4.79 Å². The monoisotopic (exact) mass is 327 g/mol. The van der Waals surface area contributed by atoms with Gasteiger partial charge in [0, 0.05) is 11.9 Å². The minimum Gasteiger partial charge on any atom is -0.344 e. The molecule has 1 fully saturated rings. The van der Waals surface area contributed by atoms with Crippen molar-refractivity contribution in [2.24, 2.45) is 0 Å². The molecule has 1 amide bonds. The summed E-state index contributed by atoms with van der Waals surface area (Å²) in [4.78, 5) is 12.5. The largest absolute Gasteiger partial charge is 0.344 e. The van der Waals surface area contributed by atoms with Crippen LogP contribution >= 0.6 is 15.9 Å². The van der Waals surface area contributed by atoms with Crippen LogP contribution in [-0.2, 0) is 13.0 Å². The molecule has 0 aliphatic heterocycles. The molecule has 1 aromatic heterocycles. The van der Waals surface area contributed by atoms with Crippen molar-refractivity contribution >= 4 is 21.8 Å². The third kappa shape index (κ3) is 3.02. The number of hydrogen-bond acceptors (Lipinski definition) is 2. The van der Waals surface area contributed by atoms with Crippen LogP contribution in [0.1, 0.15) is 55.7 Å². The first-order valence-electron chi connectivity index (χ1n) is 7.09. The number of nitrogens with zero attached hydrogens (tertiary/aromatic N) is 2. The molecule has 1 aromatic rings. The smallest absolute Gasteiger partial charge is 0.270 e. The Morgan fingerprint density at radius 3 is 2.68 bits per heavy atom. The quantitative estimate of drug-likeness (QED) is 0.845. The number of halogens is 1. The van der Waals surface area contributed by atoms with E-state index in [9.17, 15) is 4.79 Å². The van der Waals surface area contributed by atoms with E-state index in [1.807, 2.05) is 13.0 Å². The molecule has 0 saturated heterocycles. The summed E-state index contributed by atoms with van der Waals surface area (Å²) < 4.78 is 1.80. The number of alkyl halides is 1. The van der Waals surface area contributed by atoms with Crippen molar-refractivity contribution in [1.29, 1.82) is 0 Å². The van der Waals surface area contributed by atoms with Crippen LogP contribution in [0.15, 0.2) is 6.07 Å². The zero-order chi connectivity index (χ0) is 13.9. The fourth-order valence-electron chi connectivity index (χ4n) is 2.72. The summed E-state index contributed by atoms with van der Waals surface area (Å²) in [5.41, 5.74) is 1.60. The first kappa shape index (κ1) is 14.6. The molecule has 1 aliphatic rings. The second kappa shape index (κ2) is 6.07. The van der Waals surface area contributed by atoms with Crippen molar-refractivity contribution in [2.75, 3.05) is 5.33 Å². The number of amides is 1. The average molecular weight is 328 g/mol. The Balaban J connectivity index is 2.17. The van der Waals surface area contributed by atoms with Gasteiger partial charge in [-0.25, -0.2) is 0 Å². The highest BCUT2D eigenvalue weighted by Crippen LogP contribution is 2.31. The Hall–Kier alpha value is -0.840. The predicted octanol–water partition coefficient (Wildman–Crippen LogP) is 2.90. The van der Waals surface area contributed by atoms with Gasteiger partial charge in [-0.1, -0.05) is 35.7 Å². The lowest BCUT2D eigenvalue weighted by atomic mass is 10.0. The van der Waals surface area contributed by atoms with Gasteiger partial charge in [0.05, 0.1) is 11.2 Å². The van der Waals surface area contributed by atoms with Crippen LogP contribution in [0.3, 0.4) is 0 Å². The minimum absolute atomic E-state index is 0.00963. The lowest BCUT2D eigenvalue weighted by Gasteiger charge is -2.28. The molecule has 1 N–H and O–H groups in total. The number of carbonyl (C=O) groups is 1. The van der Waals surface area contributed by atoms with Gasteiger partial charge in [-0.15, -0.1) is 0 Å². The molecule has 0 aromatic carbocycles. The van der Waals surface area contributed by atoms with E-state index in [0.29, 0.717) is 5.69 Å². The van der Waals surface area contributed by atoms with Gasteiger partial charge in [-0.05, 0) is 32.3 Å². The normalized spacial score (nSPS) is 17.6. The molecule has 19 heavy (non-hydrogen) atoms. The third-order valence-electron chi connectivity index (χ3n) is 3.92. The van der Waals surface area contributed by atoms with E-state index < -0.39 is 0 Å². The lowest BCUT2D eigenvalue weighted by Crippen LogP contribution is -2.48. The molecule has 1 heterocycles. The molecular weight excluding hydrogens is 306 g/mol. The van der Waals surface area contributed by atoms with E-state index in [1.165, 1.54) is 12.8 Å². The number of aromatic nitrogens is 2. The molecule has 1 aliphatic carbocycles. The fourth-order valence-corrected chi connectivity index (χ4v) is 3.42. The summed E-state index contributed by atoms with van der Waals surface area (Å²) in [5.74, 6) is 0.00963. The number of aryl methyl sites for hydroxylation is 2. The number of nitrogens with one attached hydrogen (secondary N) is 1. The number of hydrogen-bond donors (Lipinski definition) is 1. The van der Waals surface area contributed by atoms with E-state index >= 15 is 0 Å². The fraction of sp³-hybridized carbons (Fsp3) is 0.714. The van der Waals surface area contributed by atoms with Gasteiger partial charge >= 0.3 is 0 Å². The summed E-state index contributed by atoms with van der Waals surface area (Å²) in [6.07, 6.45) is 5.37. The highest BCUT2D eigenvalue weighted by molar-refractivity contribution is 9.09. The van der Waals surface area contributed by atoms with E-state index in [4.69, 9.17) is 0 Å². The van der Waals surface area contributed by atoms with Crippen LogP contribution in [-0.4, -0.2) is 26.6 Å². The first-order valence-corrected chi connectivity index (χ1v) is 8.21. The van der Waals surface area contributed by atoms with Crippen molar-refractivity contribution in [3.63, 3.8) is 0 Å². The SMILES string of the molecule is CCc1cc(C(=O)NC2(CBr)CCCC2)n(CC)n1.